The number of rotatable bonds is 5. The van der Waals surface area contributed by atoms with Gasteiger partial charge in [-0.15, -0.1) is 11.3 Å². The topological polar surface area (TPSA) is 89.5 Å². The first kappa shape index (κ1) is 18.7. The molecule has 0 unspecified atom stereocenters. The van der Waals surface area contributed by atoms with Crippen molar-refractivity contribution in [3.05, 3.63) is 57.8 Å². The lowest BCUT2D eigenvalue weighted by molar-refractivity contribution is -0.308. The molecule has 1 atom stereocenters. The van der Waals surface area contributed by atoms with E-state index in [2.05, 4.69) is 17.2 Å². The highest BCUT2D eigenvalue weighted by Crippen LogP contribution is 2.16. The van der Waals surface area contributed by atoms with Crippen molar-refractivity contribution >= 4 is 23.2 Å². The zero-order chi connectivity index (χ0) is 18.4. The summed E-state index contributed by atoms with van der Waals surface area (Å²) in [6.45, 7) is 3.13. The summed E-state index contributed by atoms with van der Waals surface area (Å²) >= 11 is 1.13. The predicted molar refractivity (Wildman–Crippen MR) is 93.9 cm³/mol. The molecule has 2 rings (SSSR count). The van der Waals surface area contributed by atoms with Gasteiger partial charge < -0.3 is 20.3 Å². The maximum absolute atomic E-state index is 12.3. The van der Waals surface area contributed by atoms with Gasteiger partial charge in [0.1, 0.15) is 5.60 Å². The van der Waals surface area contributed by atoms with Crippen LogP contribution in [0, 0.1) is 11.8 Å². The Kier molecular flexibility index (Phi) is 5.97. The van der Waals surface area contributed by atoms with Gasteiger partial charge in [-0.1, -0.05) is 42.2 Å². The van der Waals surface area contributed by atoms with Gasteiger partial charge in [0, 0.05) is 0 Å². The Labute approximate surface area is 150 Å². The van der Waals surface area contributed by atoms with Gasteiger partial charge >= 0.3 is 0 Å². The Morgan fingerprint density at radius 2 is 1.92 bits per heavy atom. The molecule has 1 aromatic heterocycles. The molecule has 0 radical (unpaired) electrons. The predicted octanol–water partition coefficient (Wildman–Crippen LogP) is 0.962. The largest absolute Gasteiger partial charge is 0.548 e. The molecule has 6 heteroatoms. The van der Waals surface area contributed by atoms with E-state index in [1.807, 2.05) is 6.07 Å². The molecule has 1 heterocycles. The molecular formula is C19H18NO4S-. The lowest BCUT2D eigenvalue weighted by Crippen LogP contribution is -2.49. The number of hydrogen-bond acceptors (Lipinski definition) is 5. The van der Waals surface area contributed by atoms with E-state index >= 15 is 0 Å². The summed E-state index contributed by atoms with van der Waals surface area (Å²) in [6, 6.07) is 11.1. The third-order valence-corrected chi connectivity index (χ3v) is 4.19. The number of amides is 1. The van der Waals surface area contributed by atoms with Crippen molar-refractivity contribution in [3.63, 3.8) is 0 Å². The molecule has 0 fully saturated rings. The van der Waals surface area contributed by atoms with Crippen LogP contribution in [0.3, 0.4) is 0 Å². The number of hydrogen-bond donors (Lipinski definition) is 2. The SMILES string of the molecule is CC(C)(O)C#Cc1ccc(C(=O)N[C@@H](Cc2ccccc2)C(=O)[O-])s1. The van der Waals surface area contributed by atoms with Crippen LogP contribution in [0.1, 0.15) is 34.0 Å². The number of thiophene rings is 1. The van der Waals surface area contributed by atoms with Crippen molar-refractivity contribution in [2.24, 2.45) is 0 Å². The van der Waals surface area contributed by atoms with Gasteiger partial charge in [-0.25, -0.2) is 0 Å². The van der Waals surface area contributed by atoms with Crippen molar-refractivity contribution in [1.29, 1.82) is 0 Å². The second-order valence-electron chi connectivity index (χ2n) is 6.01. The van der Waals surface area contributed by atoms with Crippen molar-refractivity contribution < 1.29 is 19.8 Å². The average molecular weight is 356 g/mol. The smallest absolute Gasteiger partial charge is 0.261 e. The first-order valence-corrected chi connectivity index (χ1v) is 8.47. The monoisotopic (exact) mass is 356 g/mol. The molecule has 25 heavy (non-hydrogen) atoms. The Balaban J connectivity index is 2.07. The van der Waals surface area contributed by atoms with E-state index in [1.54, 1.807) is 50.2 Å². The highest BCUT2D eigenvalue weighted by Gasteiger charge is 2.17. The molecule has 0 bridgehead atoms. The molecule has 2 aromatic rings. The number of carboxylic acid groups (broad SMARTS) is 1. The van der Waals surface area contributed by atoms with Crippen LogP contribution in [0.15, 0.2) is 42.5 Å². The molecule has 0 aliphatic carbocycles. The minimum Gasteiger partial charge on any atom is -0.548 e. The summed E-state index contributed by atoms with van der Waals surface area (Å²) in [5.41, 5.74) is -0.331. The molecular weight excluding hydrogens is 338 g/mol. The highest BCUT2D eigenvalue weighted by molar-refractivity contribution is 7.14. The second-order valence-corrected chi connectivity index (χ2v) is 7.09. The molecule has 2 N–H and O–H groups in total. The highest BCUT2D eigenvalue weighted by atomic mass is 32.1. The van der Waals surface area contributed by atoms with Crippen molar-refractivity contribution in [2.75, 3.05) is 0 Å². The lowest BCUT2D eigenvalue weighted by atomic mass is 10.1. The molecule has 0 saturated heterocycles. The summed E-state index contributed by atoms with van der Waals surface area (Å²) in [7, 11) is 0. The Hall–Kier alpha value is -2.62. The molecule has 1 amide bonds. The zero-order valence-electron chi connectivity index (χ0n) is 13.9. The van der Waals surface area contributed by atoms with Crippen molar-refractivity contribution in [3.8, 4) is 11.8 Å². The quantitative estimate of drug-likeness (QED) is 0.781. The number of carboxylic acids is 1. The molecule has 0 aliphatic heterocycles. The van der Waals surface area contributed by atoms with Gasteiger partial charge in [0.15, 0.2) is 0 Å². The number of benzene rings is 1. The average Bonchev–Trinajstić information content (AvgIpc) is 3.01. The van der Waals surface area contributed by atoms with Crippen LogP contribution in [0.2, 0.25) is 0 Å². The first-order valence-electron chi connectivity index (χ1n) is 7.65. The summed E-state index contributed by atoms with van der Waals surface area (Å²) in [5, 5.41) is 23.4. The summed E-state index contributed by atoms with van der Waals surface area (Å²) in [5.74, 6) is 3.62. The van der Waals surface area contributed by atoms with Crippen molar-refractivity contribution in [2.45, 2.75) is 31.9 Å². The number of aliphatic hydroxyl groups is 1. The fraction of sp³-hybridized carbons (Fsp3) is 0.263. The normalized spacial score (nSPS) is 12.0. The van der Waals surface area contributed by atoms with Gasteiger partial charge in [-0.3, -0.25) is 4.79 Å². The van der Waals surface area contributed by atoms with Crippen LogP contribution in [-0.2, 0) is 11.2 Å². The van der Waals surface area contributed by atoms with E-state index in [1.165, 1.54) is 0 Å². The van der Waals surface area contributed by atoms with Crippen LogP contribution in [0.5, 0.6) is 0 Å². The summed E-state index contributed by atoms with van der Waals surface area (Å²) in [6.07, 6.45) is 0.144. The van der Waals surface area contributed by atoms with Crippen LogP contribution < -0.4 is 10.4 Å². The fourth-order valence-corrected chi connectivity index (χ4v) is 2.78. The fourth-order valence-electron chi connectivity index (χ4n) is 2.01. The van der Waals surface area contributed by atoms with Gasteiger partial charge in [0.2, 0.25) is 0 Å². The number of carbonyl (C=O) groups is 2. The van der Waals surface area contributed by atoms with Gasteiger partial charge in [-0.2, -0.15) is 0 Å². The minimum absolute atomic E-state index is 0.144. The Morgan fingerprint density at radius 1 is 1.24 bits per heavy atom. The lowest BCUT2D eigenvalue weighted by Gasteiger charge is -2.19. The van der Waals surface area contributed by atoms with E-state index in [4.69, 9.17) is 0 Å². The Bertz CT molecular complexity index is 809. The first-order chi connectivity index (χ1) is 11.7. The minimum atomic E-state index is -1.34. The van der Waals surface area contributed by atoms with E-state index in [-0.39, 0.29) is 6.42 Å². The third-order valence-electron chi connectivity index (χ3n) is 3.19. The van der Waals surface area contributed by atoms with Gasteiger partial charge in [0.05, 0.1) is 21.8 Å². The van der Waals surface area contributed by atoms with Crippen molar-refractivity contribution in [1.82, 2.24) is 5.32 Å². The molecule has 0 aliphatic rings. The van der Waals surface area contributed by atoms with Crippen LogP contribution in [0.4, 0.5) is 0 Å². The van der Waals surface area contributed by atoms with E-state index in [0.717, 1.165) is 16.9 Å². The second kappa shape index (κ2) is 7.97. The maximum atomic E-state index is 12.3. The van der Waals surface area contributed by atoms with E-state index in [9.17, 15) is 19.8 Å². The Morgan fingerprint density at radius 3 is 2.52 bits per heavy atom. The van der Waals surface area contributed by atoms with Gasteiger partial charge in [0.25, 0.3) is 5.91 Å². The molecule has 130 valence electrons. The van der Waals surface area contributed by atoms with Crippen LogP contribution in [-0.4, -0.2) is 28.6 Å². The molecule has 0 saturated carbocycles. The molecule has 5 nitrogen and oxygen atoms in total. The summed E-state index contributed by atoms with van der Waals surface area (Å²) in [4.78, 5) is 24.5. The number of carbonyl (C=O) groups excluding carboxylic acids is 2. The zero-order valence-corrected chi connectivity index (χ0v) is 14.7. The standard InChI is InChI=1S/C19H19NO4S/c1-19(2,24)11-10-14-8-9-16(25-14)17(21)20-15(18(22)23)12-13-6-4-3-5-7-13/h3-9,15,24H,12H2,1-2H3,(H,20,21)(H,22,23)/p-1/t15-/m0/s1. The third kappa shape index (κ3) is 6.07. The molecule has 1 aromatic carbocycles. The van der Waals surface area contributed by atoms with Gasteiger partial charge in [-0.05, 0) is 38.0 Å². The maximum Gasteiger partial charge on any atom is 0.261 e. The summed E-state index contributed by atoms with van der Waals surface area (Å²) < 4.78 is 0. The van der Waals surface area contributed by atoms with E-state index < -0.39 is 23.5 Å². The van der Waals surface area contributed by atoms with E-state index in [0.29, 0.717) is 9.75 Å². The molecule has 0 spiro atoms. The van der Waals surface area contributed by atoms with Crippen LogP contribution >= 0.6 is 11.3 Å². The van der Waals surface area contributed by atoms with Crippen LogP contribution in [0.25, 0.3) is 0 Å². The number of nitrogens with one attached hydrogen (secondary N) is 1. The number of aliphatic carboxylic acids is 1.